The number of carbonyl (C=O) groups excluding carboxylic acids is 2. The highest BCUT2D eigenvalue weighted by Gasteiger charge is 2.16. The first-order chi connectivity index (χ1) is 17.3. The molecule has 0 aliphatic rings. The fraction of sp³-hybridized carbons (Fsp3) is 0.179. The van der Waals surface area contributed by atoms with Crippen LogP contribution in [0.1, 0.15) is 23.6 Å². The van der Waals surface area contributed by atoms with Gasteiger partial charge in [-0.25, -0.2) is 0 Å². The zero-order valence-electron chi connectivity index (χ0n) is 20.2. The van der Waals surface area contributed by atoms with Gasteiger partial charge in [-0.1, -0.05) is 41.9 Å². The molecule has 0 saturated heterocycles. The third-order valence-corrected chi connectivity index (χ3v) is 5.33. The maximum absolute atomic E-state index is 12.7. The number of benzene rings is 3. The molecule has 0 heterocycles. The van der Waals surface area contributed by atoms with Gasteiger partial charge in [0, 0.05) is 11.4 Å². The van der Waals surface area contributed by atoms with E-state index in [1.807, 2.05) is 50.2 Å². The third-order valence-electron chi connectivity index (χ3n) is 5.05. The molecule has 0 fully saturated rings. The van der Waals surface area contributed by atoms with Gasteiger partial charge in [-0.05, 0) is 73.9 Å². The van der Waals surface area contributed by atoms with Crippen LogP contribution in [0.15, 0.2) is 66.2 Å². The van der Waals surface area contributed by atoms with E-state index < -0.39 is 5.91 Å². The molecule has 36 heavy (non-hydrogen) atoms. The van der Waals surface area contributed by atoms with Crippen LogP contribution in [0.4, 0.5) is 11.4 Å². The van der Waals surface area contributed by atoms with Crippen molar-refractivity contribution in [2.45, 2.75) is 20.8 Å². The van der Waals surface area contributed by atoms with E-state index in [9.17, 15) is 14.9 Å². The smallest absolute Gasteiger partial charge is 0.266 e. The number of amides is 2. The molecule has 2 amide bonds. The minimum absolute atomic E-state index is 0.108. The lowest BCUT2D eigenvalue weighted by Crippen LogP contribution is -2.20. The molecular formula is C28H26ClN3O4. The number of nitrogens with one attached hydrogen (secondary N) is 2. The Bertz CT molecular complexity index is 1340. The number of anilines is 2. The van der Waals surface area contributed by atoms with Crippen molar-refractivity contribution < 1.29 is 19.1 Å². The highest BCUT2D eigenvalue weighted by atomic mass is 35.5. The van der Waals surface area contributed by atoms with E-state index in [2.05, 4.69) is 10.6 Å². The molecule has 0 aliphatic heterocycles. The molecular weight excluding hydrogens is 478 g/mol. The van der Waals surface area contributed by atoms with Gasteiger partial charge in [-0.2, -0.15) is 5.26 Å². The number of ether oxygens (including phenoxy) is 2. The van der Waals surface area contributed by atoms with Gasteiger partial charge in [-0.15, -0.1) is 0 Å². The normalized spacial score (nSPS) is 10.8. The predicted molar refractivity (Wildman–Crippen MR) is 141 cm³/mol. The summed E-state index contributed by atoms with van der Waals surface area (Å²) >= 11 is 6.44. The second kappa shape index (κ2) is 12.4. The van der Waals surface area contributed by atoms with Gasteiger partial charge in [0.25, 0.3) is 11.8 Å². The summed E-state index contributed by atoms with van der Waals surface area (Å²) in [5.41, 5.74) is 3.53. The largest absolute Gasteiger partial charge is 0.490 e. The van der Waals surface area contributed by atoms with E-state index in [0.29, 0.717) is 23.5 Å². The molecule has 3 aromatic carbocycles. The van der Waals surface area contributed by atoms with Gasteiger partial charge in [-0.3, -0.25) is 9.59 Å². The van der Waals surface area contributed by atoms with Gasteiger partial charge >= 0.3 is 0 Å². The van der Waals surface area contributed by atoms with Crippen LogP contribution in [0.3, 0.4) is 0 Å². The first-order valence-corrected chi connectivity index (χ1v) is 11.6. The standard InChI is InChI=1S/C28H26ClN3O4/c1-4-35-25-15-20(13-21(16-30)28(34)32-24-11-6-5-9-19(24)3)14-23(29)27(25)36-17-26(33)31-22-10-7-8-18(2)12-22/h5-15H,4,17H2,1-3H3,(H,31,33)(H,32,34)/b21-13+. The van der Waals surface area contributed by atoms with Crippen LogP contribution in [0.5, 0.6) is 11.5 Å². The molecule has 0 aromatic heterocycles. The number of halogens is 1. The molecule has 0 spiro atoms. The Kier molecular flexibility index (Phi) is 9.09. The average Bonchev–Trinajstić information content (AvgIpc) is 2.83. The Balaban J connectivity index is 1.78. The van der Waals surface area contributed by atoms with Crippen molar-refractivity contribution in [2.24, 2.45) is 0 Å². The fourth-order valence-corrected chi connectivity index (χ4v) is 3.62. The number of para-hydroxylation sites is 1. The zero-order chi connectivity index (χ0) is 26.1. The third kappa shape index (κ3) is 7.11. The molecule has 184 valence electrons. The summed E-state index contributed by atoms with van der Waals surface area (Å²) in [6.45, 7) is 5.61. The highest BCUT2D eigenvalue weighted by Crippen LogP contribution is 2.37. The molecule has 0 unspecified atom stereocenters. The first kappa shape index (κ1) is 26.3. The molecule has 3 aromatic rings. The lowest BCUT2D eigenvalue weighted by Gasteiger charge is -2.15. The molecule has 0 bridgehead atoms. The topological polar surface area (TPSA) is 100 Å². The van der Waals surface area contributed by atoms with Crippen LogP contribution in [-0.4, -0.2) is 25.0 Å². The van der Waals surface area contributed by atoms with Gasteiger partial charge in [0.2, 0.25) is 0 Å². The van der Waals surface area contributed by atoms with Crippen molar-refractivity contribution >= 4 is 40.9 Å². The summed E-state index contributed by atoms with van der Waals surface area (Å²) in [5.74, 6) is -0.425. The van der Waals surface area contributed by atoms with Crippen molar-refractivity contribution in [2.75, 3.05) is 23.8 Å². The number of nitriles is 1. The van der Waals surface area contributed by atoms with Crippen LogP contribution < -0.4 is 20.1 Å². The number of nitrogens with zero attached hydrogens (tertiary/aromatic N) is 1. The van der Waals surface area contributed by atoms with Gasteiger partial charge < -0.3 is 20.1 Å². The fourth-order valence-electron chi connectivity index (χ4n) is 3.35. The number of carbonyl (C=O) groups is 2. The number of aryl methyl sites for hydroxylation is 2. The minimum atomic E-state index is -0.547. The van der Waals surface area contributed by atoms with Crippen molar-refractivity contribution in [3.8, 4) is 17.6 Å². The summed E-state index contributed by atoms with van der Waals surface area (Å²) in [4.78, 5) is 25.0. The van der Waals surface area contributed by atoms with Crippen molar-refractivity contribution in [3.05, 3.63) is 87.9 Å². The van der Waals surface area contributed by atoms with Gasteiger partial charge in [0.05, 0.1) is 11.6 Å². The van der Waals surface area contributed by atoms with E-state index in [4.69, 9.17) is 21.1 Å². The van der Waals surface area contributed by atoms with Crippen LogP contribution in [0.2, 0.25) is 5.02 Å². The number of hydrogen-bond acceptors (Lipinski definition) is 5. The van der Waals surface area contributed by atoms with E-state index in [1.54, 1.807) is 31.2 Å². The molecule has 7 nitrogen and oxygen atoms in total. The number of hydrogen-bond donors (Lipinski definition) is 2. The Morgan fingerprint density at radius 1 is 1.03 bits per heavy atom. The molecule has 0 aliphatic carbocycles. The maximum Gasteiger partial charge on any atom is 0.266 e. The summed E-state index contributed by atoms with van der Waals surface area (Å²) < 4.78 is 11.3. The molecule has 3 rings (SSSR count). The zero-order valence-corrected chi connectivity index (χ0v) is 21.0. The lowest BCUT2D eigenvalue weighted by atomic mass is 10.1. The molecule has 2 N–H and O–H groups in total. The van der Waals surface area contributed by atoms with E-state index in [1.165, 1.54) is 12.1 Å². The lowest BCUT2D eigenvalue weighted by molar-refractivity contribution is -0.118. The van der Waals surface area contributed by atoms with Crippen molar-refractivity contribution in [1.29, 1.82) is 5.26 Å². The monoisotopic (exact) mass is 503 g/mol. The minimum Gasteiger partial charge on any atom is -0.490 e. The molecule has 0 atom stereocenters. The summed E-state index contributed by atoms with van der Waals surface area (Å²) in [6.07, 6.45) is 1.41. The Morgan fingerprint density at radius 2 is 1.81 bits per heavy atom. The SMILES string of the molecule is CCOc1cc(/C=C(\C#N)C(=O)Nc2ccccc2C)cc(Cl)c1OCC(=O)Nc1cccc(C)c1. The highest BCUT2D eigenvalue weighted by molar-refractivity contribution is 6.32. The molecule has 0 radical (unpaired) electrons. The molecule has 0 saturated carbocycles. The summed E-state index contributed by atoms with van der Waals surface area (Å²) in [7, 11) is 0. The number of rotatable bonds is 9. The second-order valence-electron chi connectivity index (χ2n) is 7.91. The quantitative estimate of drug-likeness (QED) is 0.279. The van der Waals surface area contributed by atoms with Crippen LogP contribution in [0, 0.1) is 25.2 Å². The molecule has 8 heteroatoms. The predicted octanol–water partition coefficient (Wildman–Crippen LogP) is 5.92. The van der Waals surface area contributed by atoms with Gasteiger partial charge in [0.1, 0.15) is 11.6 Å². The average molecular weight is 504 g/mol. The maximum atomic E-state index is 12.7. The Morgan fingerprint density at radius 3 is 2.50 bits per heavy atom. The second-order valence-corrected chi connectivity index (χ2v) is 8.32. The summed E-state index contributed by atoms with van der Waals surface area (Å²) in [6, 6.07) is 19.7. The van der Waals surface area contributed by atoms with Crippen molar-refractivity contribution in [3.63, 3.8) is 0 Å². The van der Waals surface area contributed by atoms with Crippen molar-refractivity contribution in [1.82, 2.24) is 0 Å². The van der Waals surface area contributed by atoms with Gasteiger partial charge in [0.15, 0.2) is 18.1 Å². The Hall–Kier alpha value is -4.28. The first-order valence-electron chi connectivity index (χ1n) is 11.2. The van der Waals surface area contributed by atoms with E-state index in [-0.39, 0.29) is 34.6 Å². The Labute approximate surface area is 215 Å². The van der Waals surface area contributed by atoms with Crippen LogP contribution in [-0.2, 0) is 9.59 Å². The van der Waals surface area contributed by atoms with E-state index >= 15 is 0 Å². The summed E-state index contributed by atoms with van der Waals surface area (Å²) in [5, 5.41) is 15.3. The van der Waals surface area contributed by atoms with Crippen LogP contribution >= 0.6 is 11.6 Å². The van der Waals surface area contributed by atoms with E-state index in [0.717, 1.165) is 11.1 Å². The van der Waals surface area contributed by atoms with Crippen LogP contribution in [0.25, 0.3) is 6.08 Å².